The molecule has 5 aromatic rings. The molecule has 0 fully saturated rings. The van der Waals surface area contributed by atoms with Gasteiger partial charge in [0.1, 0.15) is 0 Å². The molecule has 170 valence electrons. The third-order valence-corrected chi connectivity index (χ3v) is 7.36. The lowest BCUT2D eigenvalue weighted by molar-refractivity contribution is 0.660. The van der Waals surface area contributed by atoms with Crippen molar-refractivity contribution in [1.29, 1.82) is 0 Å². The van der Waals surface area contributed by atoms with Crippen LogP contribution in [-0.2, 0) is 5.41 Å². The number of rotatable bonds is 4. The fourth-order valence-electron chi connectivity index (χ4n) is 5.33. The van der Waals surface area contributed by atoms with Gasteiger partial charge >= 0.3 is 0 Å². The first kappa shape index (κ1) is 21.7. The first-order valence-corrected chi connectivity index (χ1v) is 12.4. The second-order valence-electron chi connectivity index (χ2n) is 9.63. The van der Waals surface area contributed by atoms with Crippen molar-refractivity contribution in [1.82, 2.24) is 0 Å². The van der Waals surface area contributed by atoms with Crippen LogP contribution in [0.1, 0.15) is 25.0 Å². The summed E-state index contributed by atoms with van der Waals surface area (Å²) in [7, 11) is 0. The molecule has 0 aromatic heterocycles. The third kappa shape index (κ3) is 3.73. The van der Waals surface area contributed by atoms with Gasteiger partial charge in [-0.1, -0.05) is 104 Å². The maximum atomic E-state index is 6.44. The van der Waals surface area contributed by atoms with Crippen molar-refractivity contribution in [2.75, 3.05) is 4.90 Å². The zero-order chi connectivity index (χ0) is 24.0. The van der Waals surface area contributed by atoms with Gasteiger partial charge in [-0.15, -0.1) is 0 Å². The molecule has 0 N–H and O–H groups in total. The predicted octanol–water partition coefficient (Wildman–Crippen LogP) is 9.78. The van der Waals surface area contributed by atoms with Gasteiger partial charge in [-0.25, -0.2) is 0 Å². The smallest absolute Gasteiger partial charge is 0.0476 e. The van der Waals surface area contributed by atoms with E-state index in [9.17, 15) is 0 Å². The Labute approximate surface area is 212 Å². The number of nitrogens with zero attached hydrogens (tertiary/aromatic N) is 1. The van der Waals surface area contributed by atoms with E-state index >= 15 is 0 Å². The number of hydrogen-bond donors (Lipinski definition) is 0. The summed E-state index contributed by atoms with van der Waals surface area (Å²) < 4.78 is 0. The van der Waals surface area contributed by atoms with E-state index in [2.05, 4.69) is 116 Å². The minimum Gasteiger partial charge on any atom is -0.310 e. The average molecular weight is 472 g/mol. The lowest BCUT2D eigenvalue weighted by Crippen LogP contribution is -2.16. The molecule has 0 radical (unpaired) electrons. The SMILES string of the molecule is CC1(C)c2ccccc2-c2ccc(N(c3ccc(-c4ccccc4)cc3)c3cccc(Cl)c3)cc21. The molecule has 0 bridgehead atoms. The summed E-state index contributed by atoms with van der Waals surface area (Å²) in [6, 6.07) is 42.9. The van der Waals surface area contributed by atoms with Crippen molar-refractivity contribution in [3.05, 3.63) is 137 Å². The predicted molar refractivity (Wildman–Crippen MR) is 149 cm³/mol. The van der Waals surface area contributed by atoms with Crippen LogP contribution in [0.5, 0.6) is 0 Å². The van der Waals surface area contributed by atoms with Gasteiger partial charge in [0.15, 0.2) is 0 Å². The Hall–Kier alpha value is -3.81. The molecule has 0 aliphatic heterocycles. The van der Waals surface area contributed by atoms with Crippen LogP contribution in [0, 0.1) is 0 Å². The highest BCUT2D eigenvalue weighted by Crippen LogP contribution is 2.50. The highest BCUT2D eigenvalue weighted by Gasteiger charge is 2.35. The molecule has 0 unspecified atom stereocenters. The molecular weight excluding hydrogens is 446 g/mol. The van der Waals surface area contributed by atoms with Crippen molar-refractivity contribution in [3.63, 3.8) is 0 Å². The van der Waals surface area contributed by atoms with E-state index in [-0.39, 0.29) is 5.41 Å². The molecule has 1 aliphatic rings. The first-order valence-electron chi connectivity index (χ1n) is 12.0. The quantitative estimate of drug-likeness (QED) is 0.252. The lowest BCUT2D eigenvalue weighted by atomic mass is 9.82. The Morgan fingerprint density at radius 2 is 1.14 bits per heavy atom. The molecule has 35 heavy (non-hydrogen) atoms. The lowest BCUT2D eigenvalue weighted by Gasteiger charge is -2.28. The number of anilines is 3. The van der Waals surface area contributed by atoms with E-state index < -0.39 is 0 Å². The normalized spacial score (nSPS) is 13.2. The van der Waals surface area contributed by atoms with Crippen molar-refractivity contribution < 1.29 is 0 Å². The molecule has 0 saturated heterocycles. The number of benzene rings is 5. The van der Waals surface area contributed by atoms with Crippen molar-refractivity contribution in [3.8, 4) is 22.3 Å². The van der Waals surface area contributed by atoms with Crippen LogP contribution in [0.2, 0.25) is 5.02 Å². The zero-order valence-electron chi connectivity index (χ0n) is 19.9. The number of fused-ring (bicyclic) bond motifs is 3. The van der Waals surface area contributed by atoms with Crippen LogP contribution in [0.15, 0.2) is 121 Å². The van der Waals surface area contributed by atoms with Crippen LogP contribution < -0.4 is 4.90 Å². The molecular formula is C33H26ClN. The van der Waals surface area contributed by atoms with Gasteiger partial charge in [0.25, 0.3) is 0 Å². The first-order chi connectivity index (χ1) is 17.0. The molecule has 0 spiro atoms. The van der Waals surface area contributed by atoms with Gasteiger partial charge in [0.2, 0.25) is 0 Å². The monoisotopic (exact) mass is 471 g/mol. The van der Waals surface area contributed by atoms with Crippen molar-refractivity contribution >= 4 is 28.7 Å². The van der Waals surface area contributed by atoms with Gasteiger partial charge in [0, 0.05) is 27.5 Å². The maximum absolute atomic E-state index is 6.44. The molecule has 2 heteroatoms. The van der Waals surface area contributed by atoms with E-state index in [0.717, 1.165) is 22.1 Å². The summed E-state index contributed by atoms with van der Waals surface area (Å²) in [6.45, 7) is 4.64. The second-order valence-corrected chi connectivity index (χ2v) is 10.1. The van der Waals surface area contributed by atoms with Crippen LogP contribution in [0.25, 0.3) is 22.3 Å². The summed E-state index contributed by atoms with van der Waals surface area (Å²) >= 11 is 6.44. The summed E-state index contributed by atoms with van der Waals surface area (Å²) in [5.74, 6) is 0. The summed E-state index contributed by atoms with van der Waals surface area (Å²) in [6.07, 6.45) is 0. The molecule has 0 saturated carbocycles. The molecule has 0 amide bonds. The topological polar surface area (TPSA) is 3.24 Å². The molecule has 0 atom stereocenters. The Bertz CT molecular complexity index is 1520. The zero-order valence-corrected chi connectivity index (χ0v) is 20.6. The van der Waals surface area contributed by atoms with E-state index in [1.165, 1.54) is 33.4 Å². The standard InChI is InChI=1S/C33H26ClN/c1-33(2)31-14-7-6-13-29(31)30-20-19-28(22-32(30)33)35(27-12-8-11-25(34)21-27)26-17-15-24(16-18-26)23-9-4-3-5-10-23/h3-22H,1-2H3. The minimum absolute atomic E-state index is 0.0564. The molecule has 6 rings (SSSR count). The number of halogens is 1. The van der Waals surface area contributed by atoms with E-state index in [1.807, 2.05) is 24.3 Å². The average Bonchev–Trinajstić information content (AvgIpc) is 3.12. The molecule has 1 nitrogen and oxygen atoms in total. The number of hydrogen-bond acceptors (Lipinski definition) is 1. The van der Waals surface area contributed by atoms with Crippen molar-refractivity contribution in [2.24, 2.45) is 0 Å². The highest BCUT2D eigenvalue weighted by atomic mass is 35.5. The highest BCUT2D eigenvalue weighted by molar-refractivity contribution is 6.30. The fraction of sp³-hybridized carbons (Fsp3) is 0.0909. The van der Waals surface area contributed by atoms with Gasteiger partial charge in [-0.3, -0.25) is 0 Å². The molecule has 0 heterocycles. The maximum Gasteiger partial charge on any atom is 0.0476 e. The van der Waals surface area contributed by atoms with Gasteiger partial charge in [0.05, 0.1) is 0 Å². The summed E-state index contributed by atoms with van der Waals surface area (Å²) in [5.41, 5.74) is 11.0. The van der Waals surface area contributed by atoms with Crippen LogP contribution >= 0.6 is 11.6 Å². The van der Waals surface area contributed by atoms with E-state index in [1.54, 1.807) is 0 Å². The Kier molecular flexibility index (Phi) is 5.24. The fourth-order valence-corrected chi connectivity index (χ4v) is 5.51. The molecule has 5 aromatic carbocycles. The summed E-state index contributed by atoms with van der Waals surface area (Å²) in [4.78, 5) is 2.29. The van der Waals surface area contributed by atoms with E-state index in [4.69, 9.17) is 11.6 Å². The second kappa shape index (κ2) is 8.45. The third-order valence-electron chi connectivity index (χ3n) is 7.12. The molecule has 1 aliphatic carbocycles. The summed E-state index contributed by atoms with van der Waals surface area (Å²) in [5, 5.41) is 0.724. The Balaban J connectivity index is 1.48. The van der Waals surface area contributed by atoms with Crippen LogP contribution in [-0.4, -0.2) is 0 Å². The van der Waals surface area contributed by atoms with Crippen molar-refractivity contribution in [2.45, 2.75) is 19.3 Å². The minimum atomic E-state index is -0.0564. The van der Waals surface area contributed by atoms with Crippen LogP contribution in [0.4, 0.5) is 17.1 Å². The Morgan fingerprint density at radius 3 is 1.91 bits per heavy atom. The largest absolute Gasteiger partial charge is 0.310 e. The van der Waals surface area contributed by atoms with Gasteiger partial charge in [-0.2, -0.15) is 0 Å². The van der Waals surface area contributed by atoms with E-state index in [0.29, 0.717) is 0 Å². The Morgan fingerprint density at radius 1 is 0.514 bits per heavy atom. The van der Waals surface area contributed by atoms with Gasteiger partial charge in [-0.05, 0) is 75.8 Å². The van der Waals surface area contributed by atoms with Gasteiger partial charge < -0.3 is 4.90 Å². The van der Waals surface area contributed by atoms with Crippen LogP contribution in [0.3, 0.4) is 0 Å².